The van der Waals surface area contributed by atoms with Gasteiger partial charge in [-0.05, 0) is 31.9 Å². The Kier molecular flexibility index (Phi) is 3.86. The Morgan fingerprint density at radius 3 is 2.70 bits per heavy atom. The van der Waals surface area contributed by atoms with Crippen molar-refractivity contribution < 1.29 is 9.90 Å². The molecule has 1 N–H and O–H groups in total. The topological polar surface area (TPSA) is 67.5 Å². The largest absolute Gasteiger partial charge is 0.477 e. The van der Waals surface area contributed by atoms with E-state index in [1.54, 1.807) is 10.6 Å². The van der Waals surface area contributed by atoms with E-state index in [0.29, 0.717) is 5.65 Å². The van der Waals surface area contributed by atoms with Gasteiger partial charge in [0.15, 0.2) is 11.3 Å². The van der Waals surface area contributed by atoms with Crippen LogP contribution in [-0.4, -0.2) is 25.7 Å². The number of aromatic carboxylic acids is 1. The van der Waals surface area contributed by atoms with Crippen molar-refractivity contribution in [1.82, 2.24) is 14.6 Å². The average molecular weight is 309 g/mol. The first-order valence-electron chi connectivity index (χ1n) is 7.71. The van der Waals surface area contributed by atoms with Crippen LogP contribution in [0.3, 0.4) is 0 Å². The molecule has 0 saturated carbocycles. The number of benzene rings is 1. The Morgan fingerprint density at radius 2 is 2.04 bits per heavy atom. The van der Waals surface area contributed by atoms with Gasteiger partial charge in [-0.25, -0.2) is 14.3 Å². The van der Waals surface area contributed by atoms with E-state index < -0.39 is 5.97 Å². The fourth-order valence-corrected chi connectivity index (χ4v) is 2.87. The first-order chi connectivity index (χ1) is 11.0. The average Bonchev–Trinajstić information content (AvgIpc) is 2.83. The summed E-state index contributed by atoms with van der Waals surface area (Å²) < 4.78 is 1.78. The number of aromatic nitrogens is 3. The van der Waals surface area contributed by atoms with E-state index in [1.807, 2.05) is 32.0 Å². The number of hydrogen-bond acceptors (Lipinski definition) is 3. The lowest BCUT2D eigenvalue weighted by molar-refractivity contribution is 0.0690. The van der Waals surface area contributed by atoms with Crippen LogP contribution < -0.4 is 0 Å². The first-order valence-corrected chi connectivity index (χ1v) is 7.71. The Balaban J connectivity index is 2.34. The lowest BCUT2D eigenvalue weighted by atomic mass is 10.0. The van der Waals surface area contributed by atoms with Crippen LogP contribution in [-0.2, 0) is 6.42 Å². The predicted molar refractivity (Wildman–Crippen MR) is 88.9 cm³/mol. The van der Waals surface area contributed by atoms with Crippen LogP contribution in [0.2, 0.25) is 0 Å². The molecule has 2 heterocycles. The van der Waals surface area contributed by atoms with Crippen molar-refractivity contribution in [1.29, 1.82) is 0 Å². The number of carboxylic acid groups (broad SMARTS) is 1. The summed E-state index contributed by atoms with van der Waals surface area (Å²) >= 11 is 0. The molecule has 0 aliphatic carbocycles. The maximum atomic E-state index is 11.4. The molecule has 1 aromatic carbocycles. The standard InChI is InChI=1S/C18H19N3O2/c1-4-6-14-10-15(18(22)23)19-17-16(12(3)20-21(14)17)13-8-5-7-11(2)9-13/h5,7-10H,4,6H2,1-3H3,(H,22,23). The van der Waals surface area contributed by atoms with Crippen molar-refractivity contribution in [2.24, 2.45) is 0 Å². The maximum absolute atomic E-state index is 11.4. The quantitative estimate of drug-likeness (QED) is 0.798. The van der Waals surface area contributed by atoms with Gasteiger partial charge >= 0.3 is 5.97 Å². The number of carboxylic acids is 1. The molecule has 5 heteroatoms. The second-order valence-corrected chi connectivity index (χ2v) is 5.75. The summed E-state index contributed by atoms with van der Waals surface area (Å²) in [6.45, 7) is 6.02. The zero-order valence-corrected chi connectivity index (χ0v) is 13.5. The summed E-state index contributed by atoms with van der Waals surface area (Å²) in [4.78, 5) is 15.8. The molecular weight excluding hydrogens is 290 g/mol. The summed E-state index contributed by atoms with van der Waals surface area (Å²) in [6, 6.07) is 9.71. The zero-order valence-electron chi connectivity index (χ0n) is 13.5. The van der Waals surface area contributed by atoms with Gasteiger partial charge in [-0.15, -0.1) is 0 Å². The third kappa shape index (κ3) is 2.70. The fourth-order valence-electron chi connectivity index (χ4n) is 2.87. The molecule has 0 unspecified atom stereocenters. The highest BCUT2D eigenvalue weighted by molar-refractivity contribution is 5.88. The number of nitrogens with zero attached hydrogens (tertiary/aromatic N) is 3. The number of hydrogen-bond donors (Lipinski definition) is 1. The summed E-state index contributed by atoms with van der Waals surface area (Å²) in [6.07, 6.45) is 1.67. The van der Waals surface area contributed by atoms with Crippen molar-refractivity contribution in [2.75, 3.05) is 0 Å². The fraction of sp³-hybridized carbons (Fsp3) is 0.278. The minimum absolute atomic E-state index is 0.0646. The summed E-state index contributed by atoms with van der Waals surface area (Å²) in [5.74, 6) is -1.01. The molecule has 0 bridgehead atoms. The third-order valence-electron chi connectivity index (χ3n) is 3.87. The minimum atomic E-state index is -1.01. The summed E-state index contributed by atoms with van der Waals surface area (Å²) in [5, 5.41) is 14.0. The Morgan fingerprint density at radius 1 is 1.26 bits per heavy atom. The van der Waals surface area contributed by atoms with E-state index >= 15 is 0 Å². The van der Waals surface area contributed by atoms with E-state index in [2.05, 4.69) is 23.1 Å². The molecule has 0 radical (unpaired) electrons. The van der Waals surface area contributed by atoms with Gasteiger partial charge in [0.25, 0.3) is 0 Å². The molecule has 0 spiro atoms. The number of carbonyl (C=O) groups is 1. The van der Waals surface area contributed by atoms with Gasteiger partial charge in [-0.1, -0.05) is 43.2 Å². The van der Waals surface area contributed by atoms with Crippen molar-refractivity contribution in [3.63, 3.8) is 0 Å². The van der Waals surface area contributed by atoms with Gasteiger partial charge in [-0.2, -0.15) is 5.10 Å². The van der Waals surface area contributed by atoms with Crippen molar-refractivity contribution in [2.45, 2.75) is 33.6 Å². The van der Waals surface area contributed by atoms with Gasteiger partial charge in [-0.3, -0.25) is 0 Å². The molecule has 0 fully saturated rings. The molecule has 0 atom stereocenters. The summed E-state index contributed by atoms with van der Waals surface area (Å²) in [5.41, 5.74) is 5.44. The van der Waals surface area contributed by atoms with Crippen LogP contribution in [0.1, 0.15) is 40.8 Å². The van der Waals surface area contributed by atoms with Crippen LogP contribution >= 0.6 is 0 Å². The first kappa shape index (κ1) is 15.2. The highest BCUT2D eigenvalue weighted by Crippen LogP contribution is 2.29. The Bertz CT molecular complexity index is 897. The zero-order chi connectivity index (χ0) is 16.6. The smallest absolute Gasteiger partial charge is 0.354 e. The van der Waals surface area contributed by atoms with E-state index in [4.69, 9.17) is 0 Å². The SMILES string of the molecule is CCCc1cc(C(=O)O)nc2c(-c3cccc(C)c3)c(C)nn12. The van der Waals surface area contributed by atoms with Crippen LogP contribution in [0.5, 0.6) is 0 Å². The minimum Gasteiger partial charge on any atom is -0.477 e. The van der Waals surface area contributed by atoms with Gasteiger partial charge in [0.05, 0.1) is 5.69 Å². The lowest BCUT2D eigenvalue weighted by Gasteiger charge is -2.06. The molecule has 0 aliphatic heterocycles. The molecule has 2 aromatic heterocycles. The van der Waals surface area contributed by atoms with Crippen LogP contribution in [0.4, 0.5) is 0 Å². The Hall–Kier alpha value is -2.69. The van der Waals surface area contributed by atoms with E-state index in [9.17, 15) is 9.90 Å². The molecule has 0 amide bonds. The second-order valence-electron chi connectivity index (χ2n) is 5.75. The van der Waals surface area contributed by atoms with Crippen molar-refractivity contribution >= 4 is 11.6 Å². The molecule has 0 aliphatic rings. The summed E-state index contributed by atoms with van der Waals surface area (Å²) in [7, 11) is 0. The monoisotopic (exact) mass is 309 g/mol. The molecule has 5 nitrogen and oxygen atoms in total. The lowest BCUT2D eigenvalue weighted by Crippen LogP contribution is -2.07. The highest BCUT2D eigenvalue weighted by atomic mass is 16.4. The number of rotatable bonds is 4. The Labute approximate surface area is 134 Å². The molecule has 3 aromatic rings. The molecule has 3 rings (SSSR count). The van der Waals surface area contributed by atoms with Crippen molar-refractivity contribution in [3.05, 3.63) is 53.0 Å². The third-order valence-corrected chi connectivity index (χ3v) is 3.87. The van der Waals surface area contributed by atoms with Crippen molar-refractivity contribution in [3.8, 4) is 11.1 Å². The van der Waals surface area contributed by atoms with Gasteiger partial charge in [0, 0.05) is 11.3 Å². The molecular formula is C18H19N3O2. The van der Waals surface area contributed by atoms with Crippen LogP contribution in [0.25, 0.3) is 16.8 Å². The normalized spacial score (nSPS) is 11.1. The van der Waals surface area contributed by atoms with Crippen LogP contribution in [0.15, 0.2) is 30.3 Å². The van der Waals surface area contributed by atoms with Crippen LogP contribution in [0, 0.1) is 13.8 Å². The van der Waals surface area contributed by atoms with E-state index in [-0.39, 0.29) is 5.69 Å². The molecule has 23 heavy (non-hydrogen) atoms. The molecule has 118 valence electrons. The van der Waals surface area contributed by atoms with Gasteiger partial charge in [0.1, 0.15) is 0 Å². The van der Waals surface area contributed by atoms with Gasteiger partial charge < -0.3 is 5.11 Å². The van der Waals surface area contributed by atoms with Gasteiger partial charge in [0.2, 0.25) is 0 Å². The number of fused-ring (bicyclic) bond motifs is 1. The predicted octanol–water partition coefficient (Wildman–Crippen LogP) is 3.66. The second kappa shape index (κ2) is 5.83. The molecule has 0 saturated heterocycles. The number of aryl methyl sites for hydroxylation is 3. The van der Waals surface area contributed by atoms with E-state index in [1.165, 1.54) is 0 Å². The van der Waals surface area contributed by atoms with E-state index in [0.717, 1.165) is 40.9 Å². The maximum Gasteiger partial charge on any atom is 0.354 e. The highest BCUT2D eigenvalue weighted by Gasteiger charge is 2.18.